The van der Waals surface area contributed by atoms with Crippen molar-refractivity contribution in [1.82, 2.24) is 14.5 Å². The molecule has 78 valence electrons. The first-order valence-corrected chi connectivity index (χ1v) is 5.08. The minimum Gasteiger partial charge on any atom is -0.476 e. The minimum atomic E-state index is -0.989. The van der Waals surface area contributed by atoms with Gasteiger partial charge in [0.05, 0.1) is 18.2 Å². The van der Waals surface area contributed by atoms with Crippen molar-refractivity contribution in [2.75, 3.05) is 0 Å². The summed E-state index contributed by atoms with van der Waals surface area (Å²) in [6.07, 6.45) is 3.33. The fourth-order valence-electron chi connectivity index (χ4n) is 1.27. The number of thiazole rings is 1. The SMILES string of the molecule is Cc1sc(-c2cncn2C)nc1C(=O)O. The summed E-state index contributed by atoms with van der Waals surface area (Å²) in [5.41, 5.74) is 0.951. The smallest absolute Gasteiger partial charge is 0.355 e. The zero-order chi connectivity index (χ0) is 11.0. The molecule has 0 aliphatic heterocycles. The van der Waals surface area contributed by atoms with Crippen molar-refractivity contribution in [3.05, 3.63) is 23.1 Å². The number of aromatic carboxylic acids is 1. The molecular formula is C9H9N3O2S. The van der Waals surface area contributed by atoms with E-state index in [4.69, 9.17) is 5.11 Å². The summed E-state index contributed by atoms with van der Waals surface area (Å²) in [6, 6.07) is 0. The number of aromatic nitrogens is 3. The summed E-state index contributed by atoms with van der Waals surface area (Å²) in [5, 5.41) is 9.55. The molecule has 2 aromatic rings. The summed E-state index contributed by atoms with van der Waals surface area (Å²) >= 11 is 1.36. The molecule has 0 spiro atoms. The molecule has 15 heavy (non-hydrogen) atoms. The van der Waals surface area contributed by atoms with E-state index in [1.54, 1.807) is 19.4 Å². The molecule has 5 nitrogen and oxygen atoms in total. The molecule has 2 aromatic heterocycles. The number of carboxylic acids is 1. The number of imidazole rings is 1. The van der Waals surface area contributed by atoms with Crippen LogP contribution in [0.5, 0.6) is 0 Å². The third-order valence-corrected chi connectivity index (χ3v) is 3.03. The lowest BCUT2D eigenvalue weighted by atomic mass is 10.4. The van der Waals surface area contributed by atoms with Crippen molar-refractivity contribution in [3.63, 3.8) is 0 Å². The zero-order valence-electron chi connectivity index (χ0n) is 8.26. The molecule has 0 unspecified atom stereocenters. The molecule has 2 heterocycles. The fraction of sp³-hybridized carbons (Fsp3) is 0.222. The van der Waals surface area contributed by atoms with E-state index in [1.165, 1.54) is 11.3 Å². The summed E-state index contributed by atoms with van der Waals surface area (Å²) in [6.45, 7) is 1.75. The van der Waals surface area contributed by atoms with E-state index >= 15 is 0 Å². The van der Waals surface area contributed by atoms with Crippen LogP contribution in [0.1, 0.15) is 15.4 Å². The van der Waals surface area contributed by atoms with Gasteiger partial charge in [-0.1, -0.05) is 0 Å². The Balaban J connectivity index is 2.52. The number of aryl methyl sites for hydroxylation is 2. The van der Waals surface area contributed by atoms with Crippen molar-refractivity contribution in [1.29, 1.82) is 0 Å². The number of hydrogen-bond donors (Lipinski definition) is 1. The topological polar surface area (TPSA) is 68.0 Å². The molecule has 0 fully saturated rings. The van der Waals surface area contributed by atoms with Crippen molar-refractivity contribution >= 4 is 17.3 Å². The second-order valence-corrected chi connectivity index (χ2v) is 4.32. The van der Waals surface area contributed by atoms with Gasteiger partial charge >= 0.3 is 5.97 Å². The van der Waals surface area contributed by atoms with Gasteiger partial charge in [0.1, 0.15) is 5.01 Å². The van der Waals surface area contributed by atoms with Gasteiger partial charge in [0.25, 0.3) is 0 Å². The predicted molar refractivity (Wildman–Crippen MR) is 56.0 cm³/mol. The molecule has 6 heteroatoms. The van der Waals surface area contributed by atoms with Crippen LogP contribution in [0.2, 0.25) is 0 Å². The Morgan fingerprint density at radius 2 is 2.33 bits per heavy atom. The highest BCUT2D eigenvalue weighted by Gasteiger charge is 2.16. The van der Waals surface area contributed by atoms with Gasteiger partial charge < -0.3 is 9.67 Å². The lowest BCUT2D eigenvalue weighted by Gasteiger charge is -1.94. The Kier molecular flexibility index (Phi) is 2.28. The maximum Gasteiger partial charge on any atom is 0.355 e. The molecule has 1 N–H and O–H groups in total. The van der Waals surface area contributed by atoms with E-state index in [0.29, 0.717) is 9.88 Å². The number of rotatable bonds is 2. The highest BCUT2D eigenvalue weighted by Crippen LogP contribution is 2.26. The van der Waals surface area contributed by atoms with Gasteiger partial charge in [-0.3, -0.25) is 0 Å². The minimum absolute atomic E-state index is 0.121. The number of carboxylic acid groups (broad SMARTS) is 1. The Morgan fingerprint density at radius 1 is 1.60 bits per heavy atom. The molecule has 0 saturated carbocycles. The van der Waals surface area contributed by atoms with E-state index in [-0.39, 0.29) is 5.69 Å². The summed E-state index contributed by atoms with van der Waals surface area (Å²) in [5.74, 6) is -0.989. The molecule has 0 atom stereocenters. The third-order valence-electron chi connectivity index (χ3n) is 2.03. The van der Waals surface area contributed by atoms with E-state index in [2.05, 4.69) is 9.97 Å². The number of carbonyl (C=O) groups is 1. The maximum absolute atomic E-state index is 10.8. The van der Waals surface area contributed by atoms with Gasteiger partial charge in [-0.2, -0.15) is 0 Å². The van der Waals surface area contributed by atoms with Crippen molar-refractivity contribution < 1.29 is 9.90 Å². The quantitative estimate of drug-likeness (QED) is 0.838. The molecular weight excluding hydrogens is 214 g/mol. The largest absolute Gasteiger partial charge is 0.476 e. The molecule has 0 radical (unpaired) electrons. The van der Waals surface area contributed by atoms with Crippen molar-refractivity contribution in [2.24, 2.45) is 7.05 Å². The Bertz CT molecular complexity index is 515. The molecule has 2 rings (SSSR count). The van der Waals surface area contributed by atoms with Crippen LogP contribution in [0.4, 0.5) is 0 Å². The molecule has 0 aliphatic carbocycles. The second-order valence-electron chi connectivity index (χ2n) is 3.12. The lowest BCUT2D eigenvalue weighted by Crippen LogP contribution is -1.98. The van der Waals surface area contributed by atoms with E-state index in [0.717, 1.165) is 5.69 Å². The Hall–Kier alpha value is -1.69. The normalized spacial score (nSPS) is 10.5. The number of nitrogens with zero attached hydrogens (tertiary/aromatic N) is 3. The van der Waals surface area contributed by atoms with Gasteiger partial charge in [-0.15, -0.1) is 11.3 Å². The predicted octanol–water partition coefficient (Wildman–Crippen LogP) is 1.55. The maximum atomic E-state index is 10.8. The summed E-state index contributed by atoms with van der Waals surface area (Å²) < 4.78 is 1.81. The average molecular weight is 223 g/mol. The third kappa shape index (κ3) is 1.63. The van der Waals surface area contributed by atoms with Crippen LogP contribution in [0, 0.1) is 6.92 Å². The van der Waals surface area contributed by atoms with Crippen LogP contribution < -0.4 is 0 Å². The van der Waals surface area contributed by atoms with Crippen LogP contribution in [-0.4, -0.2) is 25.6 Å². The zero-order valence-corrected chi connectivity index (χ0v) is 9.08. The van der Waals surface area contributed by atoms with E-state index < -0.39 is 5.97 Å². The molecule has 0 aromatic carbocycles. The van der Waals surface area contributed by atoms with Crippen LogP contribution in [0.15, 0.2) is 12.5 Å². The first kappa shape index (κ1) is 9.85. The van der Waals surface area contributed by atoms with Crippen LogP contribution in [0.25, 0.3) is 10.7 Å². The Morgan fingerprint density at radius 3 is 2.80 bits per heavy atom. The van der Waals surface area contributed by atoms with E-state index in [1.807, 2.05) is 11.6 Å². The Labute approximate surface area is 90.0 Å². The van der Waals surface area contributed by atoms with Gasteiger partial charge in [-0.25, -0.2) is 14.8 Å². The summed E-state index contributed by atoms with van der Waals surface area (Å²) in [7, 11) is 1.85. The first-order valence-electron chi connectivity index (χ1n) is 4.27. The molecule has 0 saturated heterocycles. The van der Waals surface area contributed by atoms with Crippen LogP contribution in [-0.2, 0) is 7.05 Å². The van der Waals surface area contributed by atoms with Crippen molar-refractivity contribution in [2.45, 2.75) is 6.92 Å². The van der Waals surface area contributed by atoms with Gasteiger partial charge in [-0.05, 0) is 6.92 Å². The molecule has 0 bridgehead atoms. The van der Waals surface area contributed by atoms with Gasteiger partial charge in [0, 0.05) is 11.9 Å². The van der Waals surface area contributed by atoms with Crippen LogP contribution >= 0.6 is 11.3 Å². The van der Waals surface area contributed by atoms with Gasteiger partial charge in [0.15, 0.2) is 5.69 Å². The van der Waals surface area contributed by atoms with E-state index in [9.17, 15) is 4.79 Å². The second kappa shape index (κ2) is 3.47. The number of hydrogen-bond acceptors (Lipinski definition) is 4. The molecule has 0 aliphatic rings. The van der Waals surface area contributed by atoms with Gasteiger partial charge in [0.2, 0.25) is 0 Å². The lowest BCUT2D eigenvalue weighted by molar-refractivity contribution is 0.0690. The highest BCUT2D eigenvalue weighted by atomic mass is 32.1. The first-order chi connectivity index (χ1) is 7.09. The monoisotopic (exact) mass is 223 g/mol. The highest BCUT2D eigenvalue weighted by molar-refractivity contribution is 7.15. The van der Waals surface area contributed by atoms with Crippen LogP contribution in [0.3, 0.4) is 0 Å². The standard InChI is InChI=1S/C9H9N3O2S/c1-5-7(9(13)14)11-8(15-5)6-3-10-4-12(6)2/h3-4H,1-2H3,(H,13,14). The molecule has 0 amide bonds. The van der Waals surface area contributed by atoms with Crippen molar-refractivity contribution in [3.8, 4) is 10.7 Å². The fourth-order valence-corrected chi connectivity index (χ4v) is 2.23. The average Bonchev–Trinajstić information content (AvgIpc) is 2.71. The summed E-state index contributed by atoms with van der Waals surface area (Å²) in [4.78, 5) is 19.6.